The van der Waals surface area contributed by atoms with Crippen molar-refractivity contribution in [1.82, 2.24) is 15.3 Å². The monoisotopic (exact) mass is 383 g/mol. The molecule has 4 rings (SSSR count). The number of rotatable bonds is 4. The number of fused-ring (bicyclic) bond motifs is 3. The van der Waals surface area contributed by atoms with E-state index >= 15 is 0 Å². The third-order valence-corrected chi connectivity index (χ3v) is 6.53. The number of nitrogens with one attached hydrogen (secondary N) is 1. The molecular formula is C19H17N3O2S2. The molecular weight excluding hydrogens is 366 g/mol. The number of aryl methyl sites for hydroxylation is 2. The van der Waals surface area contributed by atoms with E-state index in [4.69, 9.17) is 0 Å². The smallest absolute Gasteiger partial charge is 0.257 e. The van der Waals surface area contributed by atoms with Crippen molar-refractivity contribution in [1.29, 1.82) is 0 Å². The van der Waals surface area contributed by atoms with Gasteiger partial charge in [0.1, 0.15) is 16.2 Å². The topological polar surface area (TPSA) is 72.0 Å². The Kier molecular flexibility index (Phi) is 4.99. The fraction of sp³-hybridized carbons (Fsp3) is 0.263. The first-order valence-corrected chi connectivity index (χ1v) is 10.3. The second kappa shape index (κ2) is 7.55. The molecule has 2 amide bonds. The summed E-state index contributed by atoms with van der Waals surface area (Å²) in [5, 5.41) is 4.36. The second-order valence-electron chi connectivity index (χ2n) is 6.10. The van der Waals surface area contributed by atoms with E-state index in [1.807, 2.05) is 6.07 Å². The van der Waals surface area contributed by atoms with Gasteiger partial charge in [0, 0.05) is 15.8 Å². The van der Waals surface area contributed by atoms with Crippen LogP contribution in [0.15, 0.2) is 41.7 Å². The third kappa shape index (κ3) is 3.50. The average Bonchev–Trinajstić information content (AvgIpc) is 3.06. The number of benzene rings is 1. The van der Waals surface area contributed by atoms with E-state index in [-0.39, 0.29) is 17.6 Å². The van der Waals surface area contributed by atoms with Crippen molar-refractivity contribution >= 4 is 45.1 Å². The van der Waals surface area contributed by atoms with Crippen molar-refractivity contribution in [3.05, 3.63) is 52.7 Å². The van der Waals surface area contributed by atoms with Crippen LogP contribution in [0.5, 0.6) is 0 Å². The van der Waals surface area contributed by atoms with Gasteiger partial charge in [-0.1, -0.05) is 30.0 Å². The molecule has 132 valence electrons. The van der Waals surface area contributed by atoms with Crippen LogP contribution >= 0.6 is 23.1 Å². The fourth-order valence-electron chi connectivity index (χ4n) is 3.13. The van der Waals surface area contributed by atoms with E-state index in [1.165, 1.54) is 35.0 Å². The Bertz CT molecular complexity index is 970. The van der Waals surface area contributed by atoms with E-state index < -0.39 is 0 Å². The van der Waals surface area contributed by atoms with Crippen LogP contribution in [0.4, 0.5) is 0 Å². The molecule has 5 nitrogen and oxygen atoms in total. The van der Waals surface area contributed by atoms with E-state index in [2.05, 4.69) is 15.3 Å². The number of carbonyl (C=O) groups excluding carboxylic acids is 2. The molecule has 1 N–H and O–H groups in total. The first kappa shape index (κ1) is 17.2. The van der Waals surface area contributed by atoms with Crippen molar-refractivity contribution in [3.8, 4) is 0 Å². The van der Waals surface area contributed by atoms with Crippen molar-refractivity contribution < 1.29 is 9.59 Å². The number of carbonyl (C=O) groups is 2. The van der Waals surface area contributed by atoms with Gasteiger partial charge >= 0.3 is 0 Å². The Morgan fingerprint density at radius 3 is 2.77 bits per heavy atom. The van der Waals surface area contributed by atoms with Crippen molar-refractivity contribution in [2.75, 3.05) is 5.75 Å². The van der Waals surface area contributed by atoms with E-state index in [0.29, 0.717) is 5.56 Å². The van der Waals surface area contributed by atoms with Gasteiger partial charge < -0.3 is 0 Å². The number of hydrogen-bond donors (Lipinski definition) is 1. The predicted molar refractivity (Wildman–Crippen MR) is 104 cm³/mol. The Morgan fingerprint density at radius 1 is 1.12 bits per heavy atom. The van der Waals surface area contributed by atoms with Gasteiger partial charge in [0.2, 0.25) is 5.91 Å². The van der Waals surface area contributed by atoms with Gasteiger partial charge in [-0.25, -0.2) is 9.97 Å². The number of imide groups is 1. The molecule has 0 unspecified atom stereocenters. The zero-order chi connectivity index (χ0) is 17.9. The summed E-state index contributed by atoms with van der Waals surface area (Å²) in [6, 6.07) is 8.73. The Balaban J connectivity index is 1.47. The van der Waals surface area contributed by atoms with Crippen LogP contribution in [0.25, 0.3) is 10.2 Å². The molecule has 0 saturated carbocycles. The first-order chi connectivity index (χ1) is 12.7. The quantitative estimate of drug-likeness (QED) is 0.550. The zero-order valence-corrected chi connectivity index (χ0v) is 15.7. The molecule has 0 atom stereocenters. The number of hydrogen-bond acceptors (Lipinski definition) is 6. The Hall–Kier alpha value is -2.25. The standard InChI is InChI=1S/C19H17N3O2S2/c23-15(22-17(24)12-6-2-1-3-7-12)10-25-18-16-13-8-4-5-9-14(13)26-19(16)21-11-20-18/h1-3,6-7,11H,4-5,8-10H2,(H,22,23,24). The lowest BCUT2D eigenvalue weighted by Crippen LogP contribution is -2.31. The summed E-state index contributed by atoms with van der Waals surface area (Å²) in [6.45, 7) is 0. The molecule has 1 aliphatic rings. The highest BCUT2D eigenvalue weighted by atomic mass is 32.2. The molecule has 1 aromatic carbocycles. The summed E-state index contributed by atoms with van der Waals surface area (Å²) in [5.74, 6) is -0.549. The van der Waals surface area contributed by atoms with Gasteiger partial charge in [-0.2, -0.15) is 0 Å². The Labute approximate surface area is 159 Å². The molecule has 0 aliphatic heterocycles. The fourth-order valence-corrected chi connectivity index (χ4v) is 5.25. The number of nitrogens with zero attached hydrogens (tertiary/aromatic N) is 2. The maximum absolute atomic E-state index is 12.2. The van der Waals surface area contributed by atoms with Gasteiger partial charge in [0.05, 0.1) is 5.75 Å². The lowest BCUT2D eigenvalue weighted by molar-refractivity contribution is -0.117. The van der Waals surface area contributed by atoms with Gasteiger partial charge in [0.15, 0.2) is 0 Å². The number of aromatic nitrogens is 2. The number of amides is 2. The molecule has 26 heavy (non-hydrogen) atoms. The number of thiophene rings is 1. The summed E-state index contributed by atoms with van der Waals surface area (Å²) in [5.41, 5.74) is 1.82. The Morgan fingerprint density at radius 2 is 1.92 bits per heavy atom. The highest BCUT2D eigenvalue weighted by Crippen LogP contribution is 2.39. The van der Waals surface area contributed by atoms with Gasteiger partial charge in [-0.15, -0.1) is 11.3 Å². The van der Waals surface area contributed by atoms with Crippen molar-refractivity contribution in [3.63, 3.8) is 0 Å². The maximum Gasteiger partial charge on any atom is 0.257 e. The number of thioether (sulfide) groups is 1. The molecule has 0 spiro atoms. The lowest BCUT2D eigenvalue weighted by atomic mass is 9.97. The third-order valence-electron chi connectivity index (χ3n) is 4.35. The highest BCUT2D eigenvalue weighted by Gasteiger charge is 2.20. The molecule has 0 bridgehead atoms. The normalized spacial score (nSPS) is 13.4. The van der Waals surface area contributed by atoms with Crippen LogP contribution in [0.2, 0.25) is 0 Å². The van der Waals surface area contributed by atoms with Crippen LogP contribution in [0, 0.1) is 0 Å². The largest absolute Gasteiger partial charge is 0.292 e. The van der Waals surface area contributed by atoms with E-state index in [0.717, 1.165) is 28.1 Å². The summed E-state index contributed by atoms with van der Waals surface area (Å²) in [4.78, 5) is 35.4. The van der Waals surface area contributed by atoms with E-state index in [9.17, 15) is 9.59 Å². The summed E-state index contributed by atoms with van der Waals surface area (Å²) in [7, 11) is 0. The molecule has 0 radical (unpaired) electrons. The molecule has 0 fully saturated rings. The molecule has 7 heteroatoms. The summed E-state index contributed by atoms with van der Waals surface area (Å²) < 4.78 is 0. The molecule has 1 aliphatic carbocycles. The van der Waals surface area contributed by atoms with Crippen LogP contribution in [-0.4, -0.2) is 27.5 Å². The minimum absolute atomic E-state index is 0.148. The lowest BCUT2D eigenvalue weighted by Gasteiger charge is -2.11. The van der Waals surface area contributed by atoms with Crippen LogP contribution in [-0.2, 0) is 17.6 Å². The average molecular weight is 383 g/mol. The van der Waals surface area contributed by atoms with Gasteiger partial charge in [-0.05, 0) is 43.4 Å². The minimum atomic E-state index is -0.378. The highest BCUT2D eigenvalue weighted by molar-refractivity contribution is 8.00. The van der Waals surface area contributed by atoms with Crippen LogP contribution in [0.1, 0.15) is 33.6 Å². The van der Waals surface area contributed by atoms with Gasteiger partial charge in [0.25, 0.3) is 5.91 Å². The maximum atomic E-state index is 12.2. The van der Waals surface area contributed by atoms with E-state index in [1.54, 1.807) is 41.9 Å². The SMILES string of the molecule is O=C(CSc1ncnc2sc3c(c12)CCCC3)NC(=O)c1ccccc1. The molecule has 3 aromatic rings. The molecule has 2 heterocycles. The van der Waals surface area contributed by atoms with Crippen molar-refractivity contribution in [2.45, 2.75) is 30.7 Å². The first-order valence-electron chi connectivity index (χ1n) is 8.49. The van der Waals surface area contributed by atoms with Gasteiger partial charge in [-0.3, -0.25) is 14.9 Å². The predicted octanol–water partition coefficient (Wildman–Crippen LogP) is 3.62. The second-order valence-corrected chi connectivity index (χ2v) is 8.15. The van der Waals surface area contributed by atoms with Crippen molar-refractivity contribution in [2.24, 2.45) is 0 Å². The summed E-state index contributed by atoms with van der Waals surface area (Å²) in [6.07, 6.45) is 6.12. The molecule has 2 aromatic heterocycles. The summed E-state index contributed by atoms with van der Waals surface area (Å²) >= 11 is 3.10. The van der Waals surface area contributed by atoms with Crippen LogP contribution in [0.3, 0.4) is 0 Å². The van der Waals surface area contributed by atoms with Crippen LogP contribution < -0.4 is 5.32 Å². The zero-order valence-electron chi connectivity index (χ0n) is 14.0. The molecule has 0 saturated heterocycles. The minimum Gasteiger partial charge on any atom is -0.292 e.